The number of hydrogen-bond donors (Lipinski definition) is 2. The third-order valence-corrected chi connectivity index (χ3v) is 4.77. The first-order chi connectivity index (χ1) is 9.76. The lowest BCUT2D eigenvalue weighted by atomic mass is 10.2. The fourth-order valence-corrected chi connectivity index (χ4v) is 3.37. The number of hydrazine groups is 1. The van der Waals surface area contributed by atoms with Gasteiger partial charge in [-0.25, -0.2) is 15.8 Å². The Balaban J connectivity index is 2.06. The van der Waals surface area contributed by atoms with Gasteiger partial charge in [-0.05, 0) is 38.2 Å². The lowest BCUT2D eigenvalue weighted by Crippen LogP contribution is -2.15. The molecule has 0 radical (unpaired) electrons. The number of nitrogens with two attached hydrogens (primary N) is 1. The van der Waals surface area contributed by atoms with Crippen molar-refractivity contribution >= 4 is 27.4 Å². The molecule has 0 amide bonds. The van der Waals surface area contributed by atoms with Gasteiger partial charge in [0.25, 0.3) is 0 Å². The van der Waals surface area contributed by atoms with Crippen LogP contribution in [0.4, 0.5) is 5.82 Å². The summed E-state index contributed by atoms with van der Waals surface area (Å²) in [5, 5.41) is 1.00. The number of hydrogen-bond acceptors (Lipinski definition) is 6. The van der Waals surface area contributed by atoms with Gasteiger partial charge < -0.3 is 10.2 Å². The zero-order chi connectivity index (χ0) is 14.1. The van der Waals surface area contributed by atoms with Crippen molar-refractivity contribution in [1.29, 1.82) is 0 Å². The number of ether oxygens (including phenoxy) is 1. The highest BCUT2D eigenvalue weighted by atomic mass is 32.1. The van der Waals surface area contributed by atoms with Crippen LogP contribution < -0.4 is 11.3 Å². The van der Waals surface area contributed by atoms with Gasteiger partial charge in [0.1, 0.15) is 10.9 Å². The van der Waals surface area contributed by atoms with Crippen LogP contribution in [0.25, 0.3) is 10.2 Å². The van der Waals surface area contributed by atoms with Gasteiger partial charge in [-0.1, -0.05) is 6.92 Å². The number of nitrogen functional groups attached to an aromatic ring is 1. The maximum atomic E-state index is 5.84. The fraction of sp³-hybridized carbons (Fsp3) is 0.571. The van der Waals surface area contributed by atoms with Crippen LogP contribution in [0.1, 0.15) is 43.5 Å². The minimum atomic E-state index is 0.00340. The van der Waals surface area contributed by atoms with E-state index in [1.54, 1.807) is 11.3 Å². The van der Waals surface area contributed by atoms with Crippen LogP contribution in [0.15, 0.2) is 6.07 Å². The molecule has 5 nitrogen and oxygen atoms in total. The zero-order valence-electron chi connectivity index (χ0n) is 11.8. The average molecular weight is 292 g/mol. The Morgan fingerprint density at radius 1 is 1.45 bits per heavy atom. The highest BCUT2D eigenvalue weighted by Gasteiger charge is 2.35. The summed E-state index contributed by atoms with van der Waals surface area (Å²) in [4.78, 5) is 11.6. The largest absolute Gasteiger partial charge is 0.370 e. The molecule has 0 spiro atoms. The summed E-state index contributed by atoms with van der Waals surface area (Å²) in [7, 11) is 0. The van der Waals surface area contributed by atoms with Crippen LogP contribution in [0, 0.1) is 5.92 Å². The van der Waals surface area contributed by atoms with Crippen molar-refractivity contribution in [2.45, 2.75) is 39.2 Å². The quantitative estimate of drug-likeness (QED) is 0.632. The smallest absolute Gasteiger partial charge is 0.161 e. The molecule has 1 atom stereocenters. The molecule has 2 aromatic heterocycles. The number of nitrogens with one attached hydrogen (secondary N) is 1. The van der Waals surface area contributed by atoms with Crippen molar-refractivity contribution in [1.82, 2.24) is 9.97 Å². The van der Waals surface area contributed by atoms with Gasteiger partial charge in [-0.15, -0.1) is 11.3 Å². The minimum Gasteiger partial charge on any atom is -0.370 e. The maximum Gasteiger partial charge on any atom is 0.161 e. The molecule has 1 aliphatic rings. The molecular formula is C14H20N4OS. The van der Waals surface area contributed by atoms with E-state index in [2.05, 4.69) is 23.4 Å². The standard InChI is InChI=1S/C14H20N4OS/c1-3-9-7-10-12(18-15)16-13(17-14(10)20-9)11(19-4-2)8-5-6-8/h7-8,11H,3-6,15H2,1-2H3,(H,16,17,18). The normalized spacial score (nSPS) is 16.6. The highest BCUT2D eigenvalue weighted by Crippen LogP contribution is 2.43. The van der Waals surface area contributed by atoms with Gasteiger partial charge in [0, 0.05) is 11.5 Å². The molecule has 0 aromatic carbocycles. The molecular weight excluding hydrogens is 272 g/mol. The van der Waals surface area contributed by atoms with E-state index in [-0.39, 0.29) is 6.10 Å². The van der Waals surface area contributed by atoms with Crippen molar-refractivity contribution in [2.75, 3.05) is 12.0 Å². The average Bonchev–Trinajstić information content (AvgIpc) is 3.21. The molecule has 0 saturated heterocycles. The summed E-state index contributed by atoms with van der Waals surface area (Å²) in [6.07, 6.45) is 3.39. The molecule has 108 valence electrons. The van der Waals surface area contributed by atoms with Crippen molar-refractivity contribution in [2.24, 2.45) is 11.8 Å². The molecule has 1 unspecified atom stereocenters. The van der Waals surface area contributed by atoms with E-state index in [0.717, 1.165) is 22.5 Å². The molecule has 2 aromatic rings. The van der Waals surface area contributed by atoms with E-state index in [1.807, 2.05) is 6.92 Å². The molecule has 0 bridgehead atoms. The first kappa shape index (κ1) is 13.7. The summed E-state index contributed by atoms with van der Waals surface area (Å²) >= 11 is 1.71. The molecule has 0 aliphatic heterocycles. The number of rotatable bonds is 6. The van der Waals surface area contributed by atoms with Gasteiger partial charge in [0.15, 0.2) is 11.6 Å². The van der Waals surface area contributed by atoms with Gasteiger partial charge in [0.05, 0.1) is 5.39 Å². The number of thiophene rings is 1. The van der Waals surface area contributed by atoms with Crippen LogP contribution in [0.2, 0.25) is 0 Å². The molecule has 1 aliphatic carbocycles. The second kappa shape index (κ2) is 5.63. The second-order valence-electron chi connectivity index (χ2n) is 5.07. The number of aryl methyl sites for hydroxylation is 1. The van der Waals surface area contributed by atoms with Crippen LogP contribution in [-0.2, 0) is 11.2 Å². The summed E-state index contributed by atoms with van der Waals surface area (Å²) in [5.74, 6) is 7.65. The Kier molecular flexibility index (Phi) is 3.87. The van der Waals surface area contributed by atoms with Gasteiger partial charge in [-0.2, -0.15) is 0 Å². The first-order valence-corrected chi connectivity index (χ1v) is 7.97. The van der Waals surface area contributed by atoms with E-state index in [0.29, 0.717) is 18.3 Å². The molecule has 2 heterocycles. The lowest BCUT2D eigenvalue weighted by Gasteiger charge is -2.15. The van der Waals surface area contributed by atoms with Crippen molar-refractivity contribution in [3.8, 4) is 0 Å². The zero-order valence-corrected chi connectivity index (χ0v) is 12.7. The predicted octanol–water partition coefficient (Wildman–Crippen LogP) is 3.03. The highest BCUT2D eigenvalue weighted by molar-refractivity contribution is 7.18. The van der Waals surface area contributed by atoms with Crippen LogP contribution in [0.3, 0.4) is 0 Å². The molecule has 6 heteroatoms. The summed E-state index contributed by atoms with van der Waals surface area (Å²) in [5.41, 5.74) is 2.70. The van der Waals surface area contributed by atoms with Crippen LogP contribution >= 0.6 is 11.3 Å². The van der Waals surface area contributed by atoms with E-state index < -0.39 is 0 Å². The second-order valence-corrected chi connectivity index (χ2v) is 6.19. The minimum absolute atomic E-state index is 0.00340. The Morgan fingerprint density at radius 3 is 2.85 bits per heavy atom. The Bertz CT molecular complexity index is 608. The SMILES string of the molecule is CCOC(c1nc(NN)c2cc(CC)sc2n1)C1CC1. The van der Waals surface area contributed by atoms with Crippen LogP contribution in [-0.4, -0.2) is 16.6 Å². The number of fused-ring (bicyclic) bond motifs is 1. The van der Waals surface area contributed by atoms with Gasteiger partial charge in [0.2, 0.25) is 0 Å². The summed E-state index contributed by atoms with van der Waals surface area (Å²) in [6, 6.07) is 2.12. The van der Waals surface area contributed by atoms with Crippen LogP contribution in [0.5, 0.6) is 0 Å². The number of nitrogens with zero attached hydrogens (tertiary/aromatic N) is 2. The molecule has 20 heavy (non-hydrogen) atoms. The maximum absolute atomic E-state index is 5.84. The van der Waals surface area contributed by atoms with E-state index in [4.69, 9.17) is 15.6 Å². The Labute approximate surface area is 122 Å². The first-order valence-electron chi connectivity index (χ1n) is 7.15. The van der Waals surface area contributed by atoms with E-state index >= 15 is 0 Å². The Hall–Kier alpha value is -1.24. The molecule has 3 rings (SSSR count). The topological polar surface area (TPSA) is 73.1 Å². The van der Waals surface area contributed by atoms with Crippen molar-refractivity contribution < 1.29 is 4.74 Å². The number of aromatic nitrogens is 2. The van der Waals surface area contributed by atoms with E-state index in [9.17, 15) is 0 Å². The molecule has 1 fully saturated rings. The Morgan fingerprint density at radius 2 is 2.25 bits per heavy atom. The number of anilines is 1. The summed E-state index contributed by atoms with van der Waals surface area (Å²) < 4.78 is 5.84. The molecule has 3 N–H and O–H groups in total. The van der Waals surface area contributed by atoms with Gasteiger partial charge >= 0.3 is 0 Å². The lowest BCUT2D eigenvalue weighted by molar-refractivity contribution is 0.0404. The summed E-state index contributed by atoms with van der Waals surface area (Å²) in [6.45, 7) is 4.83. The fourth-order valence-electron chi connectivity index (χ4n) is 2.40. The third kappa shape index (κ3) is 2.51. The van der Waals surface area contributed by atoms with Crippen molar-refractivity contribution in [3.63, 3.8) is 0 Å². The molecule has 1 saturated carbocycles. The predicted molar refractivity (Wildman–Crippen MR) is 81.7 cm³/mol. The van der Waals surface area contributed by atoms with Gasteiger partial charge in [-0.3, -0.25) is 0 Å². The third-order valence-electron chi connectivity index (χ3n) is 3.60. The monoisotopic (exact) mass is 292 g/mol. The van der Waals surface area contributed by atoms with Crippen molar-refractivity contribution in [3.05, 3.63) is 16.8 Å². The van der Waals surface area contributed by atoms with E-state index in [1.165, 1.54) is 17.7 Å².